The molecule has 2 aromatic rings. The van der Waals surface area contributed by atoms with Gasteiger partial charge in [0.25, 0.3) is 0 Å². The maximum absolute atomic E-state index is 11.5. The summed E-state index contributed by atoms with van der Waals surface area (Å²) >= 11 is 0. The predicted molar refractivity (Wildman–Crippen MR) is 74.8 cm³/mol. The first kappa shape index (κ1) is 13.6. The summed E-state index contributed by atoms with van der Waals surface area (Å²) in [5, 5.41) is 6.28. The maximum Gasteiger partial charge on any atom is 0.340 e. The van der Waals surface area contributed by atoms with E-state index < -0.39 is 0 Å². The molecule has 0 spiro atoms. The SMILES string of the molecule is COC(=O)c1ccc2c(c1)CCN(Cc1n[nH]c(=O)[nH]1)C2. The maximum atomic E-state index is 11.5. The molecule has 21 heavy (non-hydrogen) atoms. The van der Waals surface area contributed by atoms with Gasteiger partial charge in [0.1, 0.15) is 5.82 Å². The number of aromatic nitrogens is 3. The Balaban J connectivity index is 1.73. The van der Waals surface area contributed by atoms with E-state index in [0.29, 0.717) is 17.9 Å². The topological polar surface area (TPSA) is 91.1 Å². The lowest BCUT2D eigenvalue weighted by Crippen LogP contribution is -2.30. The van der Waals surface area contributed by atoms with Crippen molar-refractivity contribution in [2.45, 2.75) is 19.5 Å². The van der Waals surface area contributed by atoms with Crippen LogP contribution in [0.5, 0.6) is 0 Å². The summed E-state index contributed by atoms with van der Waals surface area (Å²) in [7, 11) is 1.38. The Morgan fingerprint density at radius 1 is 1.43 bits per heavy atom. The Morgan fingerprint density at radius 3 is 3.00 bits per heavy atom. The highest BCUT2D eigenvalue weighted by atomic mass is 16.5. The number of esters is 1. The van der Waals surface area contributed by atoms with Gasteiger partial charge in [-0.25, -0.2) is 14.7 Å². The van der Waals surface area contributed by atoms with Crippen molar-refractivity contribution < 1.29 is 9.53 Å². The molecule has 7 heteroatoms. The van der Waals surface area contributed by atoms with Crippen molar-refractivity contribution in [3.8, 4) is 0 Å². The molecule has 2 heterocycles. The average molecular weight is 288 g/mol. The van der Waals surface area contributed by atoms with Crippen LogP contribution in [0.25, 0.3) is 0 Å². The molecule has 110 valence electrons. The zero-order chi connectivity index (χ0) is 14.8. The van der Waals surface area contributed by atoms with Crippen molar-refractivity contribution in [3.05, 3.63) is 51.2 Å². The summed E-state index contributed by atoms with van der Waals surface area (Å²) in [4.78, 5) is 27.4. The zero-order valence-corrected chi connectivity index (χ0v) is 11.7. The largest absolute Gasteiger partial charge is 0.465 e. The monoisotopic (exact) mass is 288 g/mol. The Morgan fingerprint density at radius 2 is 2.29 bits per heavy atom. The minimum Gasteiger partial charge on any atom is -0.465 e. The minimum absolute atomic E-state index is 0.287. The molecule has 1 aromatic carbocycles. The van der Waals surface area contributed by atoms with Gasteiger partial charge in [-0.2, -0.15) is 5.10 Å². The molecule has 0 unspecified atom stereocenters. The van der Waals surface area contributed by atoms with Crippen LogP contribution in [0.3, 0.4) is 0 Å². The number of rotatable bonds is 3. The molecule has 1 aliphatic heterocycles. The van der Waals surface area contributed by atoms with E-state index in [1.165, 1.54) is 18.2 Å². The standard InChI is InChI=1S/C14H16N4O3/c1-21-13(19)10-2-3-11-7-18(5-4-9(11)6-10)8-12-15-14(20)17-16-12/h2-3,6H,4-5,7-8H2,1H3,(H2,15,16,17,20). The quantitative estimate of drug-likeness (QED) is 0.800. The van der Waals surface area contributed by atoms with Crippen LogP contribution >= 0.6 is 0 Å². The van der Waals surface area contributed by atoms with Crippen molar-refractivity contribution in [2.75, 3.05) is 13.7 Å². The number of nitrogens with one attached hydrogen (secondary N) is 2. The number of hydrogen-bond acceptors (Lipinski definition) is 5. The van der Waals surface area contributed by atoms with Crippen molar-refractivity contribution in [1.82, 2.24) is 20.1 Å². The van der Waals surface area contributed by atoms with Crippen molar-refractivity contribution in [3.63, 3.8) is 0 Å². The molecular formula is C14H16N4O3. The van der Waals surface area contributed by atoms with E-state index in [-0.39, 0.29) is 11.7 Å². The van der Waals surface area contributed by atoms with E-state index in [1.807, 2.05) is 12.1 Å². The van der Waals surface area contributed by atoms with E-state index in [4.69, 9.17) is 4.74 Å². The smallest absolute Gasteiger partial charge is 0.340 e. The zero-order valence-electron chi connectivity index (χ0n) is 11.7. The molecule has 3 rings (SSSR count). The van der Waals surface area contributed by atoms with E-state index >= 15 is 0 Å². The molecule has 0 fully saturated rings. The molecule has 2 N–H and O–H groups in total. The van der Waals surface area contributed by atoms with Gasteiger partial charge in [-0.1, -0.05) is 6.07 Å². The Hall–Kier alpha value is -2.41. The lowest BCUT2D eigenvalue weighted by Gasteiger charge is -2.28. The Bertz CT molecular complexity index is 719. The Labute approximate surface area is 120 Å². The Kier molecular flexibility index (Phi) is 3.57. The van der Waals surface area contributed by atoms with Gasteiger partial charge in [-0.3, -0.25) is 9.88 Å². The van der Waals surface area contributed by atoms with Crippen LogP contribution in [-0.4, -0.2) is 39.7 Å². The van der Waals surface area contributed by atoms with Crippen molar-refractivity contribution in [2.24, 2.45) is 0 Å². The minimum atomic E-state index is -0.311. The lowest BCUT2D eigenvalue weighted by atomic mass is 9.97. The van der Waals surface area contributed by atoms with Gasteiger partial charge < -0.3 is 4.74 Å². The highest BCUT2D eigenvalue weighted by Gasteiger charge is 2.19. The van der Waals surface area contributed by atoms with E-state index in [0.717, 1.165) is 19.5 Å². The second kappa shape index (κ2) is 5.53. The summed E-state index contributed by atoms with van der Waals surface area (Å²) in [5.41, 5.74) is 2.66. The highest BCUT2D eigenvalue weighted by Crippen LogP contribution is 2.21. The third kappa shape index (κ3) is 2.87. The van der Waals surface area contributed by atoms with E-state index in [9.17, 15) is 9.59 Å². The lowest BCUT2D eigenvalue weighted by molar-refractivity contribution is 0.0600. The van der Waals surface area contributed by atoms with Gasteiger partial charge in [0.2, 0.25) is 0 Å². The average Bonchev–Trinajstić information content (AvgIpc) is 2.91. The van der Waals surface area contributed by atoms with Crippen molar-refractivity contribution >= 4 is 5.97 Å². The number of aromatic amines is 2. The van der Waals surface area contributed by atoms with Gasteiger partial charge >= 0.3 is 11.7 Å². The number of ether oxygens (including phenoxy) is 1. The number of methoxy groups -OCH3 is 1. The van der Waals surface area contributed by atoms with Crippen LogP contribution in [0.2, 0.25) is 0 Å². The van der Waals surface area contributed by atoms with Crippen LogP contribution in [0.4, 0.5) is 0 Å². The second-order valence-electron chi connectivity index (χ2n) is 5.06. The second-order valence-corrected chi connectivity index (χ2v) is 5.06. The summed E-state index contributed by atoms with van der Waals surface area (Å²) in [6.07, 6.45) is 0.856. The molecule has 0 aliphatic carbocycles. The fraction of sp³-hybridized carbons (Fsp3) is 0.357. The number of H-pyrrole nitrogens is 2. The number of carbonyl (C=O) groups is 1. The molecular weight excluding hydrogens is 272 g/mol. The molecule has 0 radical (unpaired) electrons. The van der Waals surface area contributed by atoms with Crippen LogP contribution < -0.4 is 5.69 Å². The number of fused-ring (bicyclic) bond motifs is 1. The third-order valence-corrected chi connectivity index (χ3v) is 3.64. The fourth-order valence-electron chi connectivity index (χ4n) is 2.58. The van der Waals surface area contributed by atoms with Gasteiger partial charge in [0.15, 0.2) is 0 Å². The first-order valence-electron chi connectivity index (χ1n) is 6.72. The summed E-state index contributed by atoms with van der Waals surface area (Å²) in [6.45, 7) is 2.22. The first-order valence-corrected chi connectivity index (χ1v) is 6.72. The number of benzene rings is 1. The molecule has 1 aromatic heterocycles. The van der Waals surface area contributed by atoms with E-state index in [2.05, 4.69) is 20.1 Å². The highest BCUT2D eigenvalue weighted by molar-refractivity contribution is 5.89. The van der Waals surface area contributed by atoms with Crippen LogP contribution in [0.1, 0.15) is 27.3 Å². The number of hydrogen-bond donors (Lipinski definition) is 2. The van der Waals surface area contributed by atoms with Crippen LogP contribution in [-0.2, 0) is 24.2 Å². The molecule has 0 saturated heterocycles. The normalized spacial score (nSPS) is 14.7. The molecule has 1 aliphatic rings. The first-order chi connectivity index (χ1) is 10.2. The molecule has 0 saturated carbocycles. The van der Waals surface area contributed by atoms with Crippen LogP contribution in [0.15, 0.2) is 23.0 Å². The predicted octanol–water partition coefficient (Wildman–Crippen LogP) is 0.443. The third-order valence-electron chi connectivity index (χ3n) is 3.64. The molecule has 0 atom stereocenters. The fourth-order valence-corrected chi connectivity index (χ4v) is 2.58. The van der Waals surface area contributed by atoms with Gasteiger partial charge in [-0.15, -0.1) is 0 Å². The molecule has 0 bridgehead atoms. The number of carbonyl (C=O) groups excluding carboxylic acids is 1. The summed E-state index contributed by atoms with van der Waals surface area (Å²) in [6, 6.07) is 5.64. The molecule has 0 amide bonds. The summed E-state index contributed by atoms with van der Waals surface area (Å²) in [5.74, 6) is 0.323. The van der Waals surface area contributed by atoms with Crippen molar-refractivity contribution in [1.29, 1.82) is 0 Å². The van der Waals surface area contributed by atoms with Crippen LogP contribution in [0, 0.1) is 0 Å². The van der Waals surface area contributed by atoms with Gasteiger partial charge in [-0.05, 0) is 29.7 Å². The van der Waals surface area contributed by atoms with Gasteiger partial charge in [0, 0.05) is 13.1 Å². The number of nitrogens with zero attached hydrogens (tertiary/aromatic N) is 2. The summed E-state index contributed by atoms with van der Waals surface area (Å²) < 4.78 is 4.73. The van der Waals surface area contributed by atoms with E-state index in [1.54, 1.807) is 6.07 Å². The molecule has 7 nitrogen and oxygen atoms in total. The van der Waals surface area contributed by atoms with Gasteiger partial charge in [0.05, 0.1) is 19.2 Å².